The van der Waals surface area contributed by atoms with Gasteiger partial charge in [0.1, 0.15) is 0 Å². The third kappa shape index (κ3) is 6.44. The van der Waals surface area contributed by atoms with Crippen molar-refractivity contribution in [2.45, 2.75) is 45.6 Å². The van der Waals surface area contributed by atoms with E-state index in [0.717, 1.165) is 22.1 Å². The van der Waals surface area contributed by atoms with Crippen LogP contribution < -0.4 is 10.6 Å². The Morgan fingerprint density at radius 1 is 1.20 bits per heavy atom. The lowest BCUT2D eigenvalue weighted by Gasteiger charge is -2.30. The van der Waals surface area contributed by atoms with E-state index in [1.54, 1.807) is 11.9 Å². The number of nitrogens with one attached hydrogen (secondary N) is 2. The van der Waals surface area contributed by atoms with E-state index in [1.165, 1.54) is 19.3 Å². The molecule has 0 radical (unpaired) electrons. The number of halogens is 1. The van der Waals surface area contributed by atoms with Crippen molar-refractivity contribution in [1.82, 2.24) is 10.2 Å². The Labute approximate surface area is 158 Å². The van der Waals surface area contributed by atoms with Gasteiger partial charge in [0.25, 0.3) is 0 Å². The van der Waals surface area contributed by atoms with Gasteiger partial charge in [-0.15, -0.1) is 0 Å². The van der Waals surface area contributed by atoms with Gasteiger partial charge in [0.15, 0.2) is 0 Å². The van der Waals surface area contributed by atoms with E-state index >= 15 is 0 Å². The SMILES string of the molecule is Cc1cc(Br)ccc1NC(=O)CN(C)CC(=O)N[C@H]1CCCC[C@@H]1C. The summed E-state index contributed by atoms with van der Waals surface area (Å²) in [5, 5.41) is 6.02. The number of carbonyl (C=O) groups is 2. The molecule has 2 atom stereocenters. The molecule has 0 bridgehead atoms. The van der Waals surface area contributed by atoms with E-state index < -0.39 is 0 Å². The van der Waals surface area contributed by atoms with Crippen molar-refractivity contribution in [2.24, 2.45) is 5.92 Å². The molecule has 1 aromatic rings. The van der Waals surface area contributed by atoms with Crippen LogP contribution in [0, 0.1) is 12.8 Å². The predicted molar refractivity (Wildman–Crippen MR) is 105 cm³/mol. The van der Waals surface area contributed by atoms with Crippen molar-refractivity contribution >= 4 is 33.4 Å². The molecule has 25 heavy (non-hydrogen) atoms. The van der Waals surface area contributed by atoms with Gasteiger partial charge in [-0.3, -0.25) is 14.5 Å². The fourth-order valence-corrected chi connectivity index (χ4v) is 3.76. The molecule has 0 aliphatic heterocycles. The highest BCUT2D eigenvalue weighted by Gasteiger charge is 2.23. The zero-order valence-electron chi connectivity index (χ0n) is 15.3. The number of amides is 2. The van der Waals surface area contributed by atoms with Gasteiger partial charge in [0.2, 0.25) is 11.8 Å². The largest absolute Gasteiger partial charge is 0.352 e. The number of likely N-dealkylation sites (N-methyl/N-ethyl adjacent to an activating group) is 1. The van der Waals surface area contributed by atoms with Crippen LogP contribution >= 0.6 is 15.9 Å². The first-order chi connectivity index (χ1) is 11.8. The highest BCUT2D eigenvalue weighted by atomic mass is 79.9. The Morgan fingerprint density at radius 2 is 1.88 bits per heavy atom. The average molecular weight is 410 g/mol. The molecule has 0 saturated heterocycles. The fourth-order valence-electron chi connectivity index (χ4n) is 3.29. The second kappa shape index (κ2) is 9.34. The number of hydrogen-bond acceptors (Lipinski definition) is 3. The summed E-state index contributed by atoms with van der Waals surface area (Å²) in [6.45, 7) is 4.56. The lowest BCUT2D eigenvalue weighted by Crippen LogP contribution is -2.46. The molecule has 2 N–H and O–H groups in total. The molecule has 0 heterocycles. The molecule has 2 rings (SSSR count). The van der Waals surface area contributed by atoms with Gasteiger partial charge in [-0.1, -0.05) is 35.7 Å². The smallest absolute Gasteiger partial charge is 0.238 e. The van der Waals surface area contributed by atoms with Crippen LogP contribution in [0.15, 0.2) is 22.7 Å². The number of nitrogens with zero attached hydrogens (tertiary/aromatic N) is 1. The second-order valence-corrected chi connectivity index (χ2v) is 8.03. The van der Waals surface area contributed by atoms with Crippen LogP contribution in [0.4, 0.5) is 5.69 Å². The third-order valence-corrected chi connectivity index (χ3v) is 5.24. The minimum atomic E-state index is -0.119. The third-order valence-electron chi connectivity index (χ3n) is 4.75. The van der Waals surface area contributed by atoms with Crippen LogP contribution in [0.2, 0.25) is 0 Å². The first-order valence-electron chi connectivity index (χ1n) is 8.89. The molecule has 2 amide bonds. The molecule has 1 fully saturated rings. The predicted octanol–water partition coefficient (Wildman–Crippen LogP) is 3.32. The standard InChI is InChI=1S/C19H28BrN3O2/c1-13-6-4-5-7-16(13)21-18(24)11-23(3)12-19(25)22-17-9-8-15(20)10-14(17)2/h8-10,13,16H,4-7,11-12H2,1-3H3,(H,21,24)(H,22,25)/t13-,16-/m0/s1. The molecule has 1 aliphatic carbocycles. The summed E-state index contributed by atoms with van der Waals surface area (Å²) < 4.78 is 0.980. The van der Waals surface area contributed by atoms with Gasteiger partial charge in [-0.2, -0.15) is 0 Å². The Morgan fingerprint density at radius 3 is 2.56 bits per heavy atom. The summed E-state index contributed by atoms with van der Waals surface area (Å²) in [6.07, 6.45) is 4.67. The van der Waals surface area contributed by atoms with Crippen LogP contribution in [-0.4, -0.2) is 42.9 Å². The topological polar surface area (TPSA) is 61.4 Å². The van der Waals surface area contributed by atoms with Crippen molar-refractivity contribution in [1.29, 1.82) is 0 Å². The van der Waals surface area contributed by atoms with E-state index in [-0.39, 0.29) is 30.9 Å². The normalized spacial score (nSPS) is 20.4. The van der Waals surface area contributed by atoms with Gasteiger partial charge in [0.05, 0.1) is 13.1 Å². The molecule has 0 spiro atoms. The van der Waals surface area contributed by atoms with E-state index in [2.05, 4.69) is 33.5 Å². The molecule has 1 aromatic carbocycles. The number of hydrogen-bond donors (Lipinski definition) is 2. The van der Waals surface area contributed by atoms with Crippen molar-refractivity contribution < 1.29 is 9.59 Å². The highest BCUT2D eigenvalue weighted by Crippen LogP contribution is 2.23. The first kappa shape index (κ1) is 19.9. The average Bonchev–Trinajstić information content (AvgIpc) is 2.52. The molecule has 0 unspecified atom stereocenters. The molecular formula is C19H28BrN3O2. The maximum absolute atomic E-state index is 12.2. The van der Waals surface area contributed by atoms with Gasteiger partial charge in [-0.05, 0) is 56.5 Å². The van der Waals surface area contributed by atoms with E-state index in [0.29, 0.717) is 5.92 Å². The fraction of sp³-hybridized carbons (Fsp3) is 0.579. The second-order valence-electron chi connectivity index (χ2n) is 7.12. The van der Waals surface area contributed by atoms with Crippen LogP contribution in [0.1, 0.15) is 38.2 Å². The lowest BCUT2D eigenvalue weighted by molar-refractivity contribution is -0.124. The van der Waals surface area contributed by atoms with Crippen molar-refractivity contribution in [2.75, 3.05) is 25.5 Å². The Kier molecular flexibility index (Phi) is 7.44. The zero-order valence-corrected chi connectivity index (χ0v) is 16.9. The molecule has 6 heteroatoms. The molecular weight excluding hydrogens is 382 g/mol. The molecule has 1 saturated carbocycles. The van der Waals surface area contributed by atoms with Crippen molar-refractivity contribution in [3.8, 4) is 0 Å². The Hall–Kier alpha value is -1.40. The molecule has 5 nitrogen and oxygen atoms in total. The molecule has 1 aliphatic rings. The maximum atomic E-state index is 12.2. The molecule has 0 aromatic heterocycles. The quantitative estimate of drug-likeness (QED) is 0.757. The van der Waals surface area contributed by atoms with Crippen LogP contribution in [0.3, 0.4) is 0 Å². The summed E-state index contributed by atoms with van der Waals surface area (Å²) in [7, 11) is 1.79. The van der Waals surface area contributed by atoms with Crippen LogP contribution in [0.5, 0.6) is 0 Å². The maximum Gasteiger partial charge on any atom is 0.238 e. The summed E-state index contributed by atoms with van der Waals surface area (Å²) in [6, 6.07) is 5.99. The number of aryl methyl sites for hydroxylation is 1. The zero-order chi connectivity index (χ0) is 18.4. The van der Waals surface area contributed by atoms with E-state index in [1.807, 2.05) is 25.1 Å². The monoisotopic (exact) mass is 409 g/mol. The number of anilines is 1. The van der Waals surface area contributed by atoms with Gasteiger partial charge < -0.3 is 10.6 Å². The molecule has 138 valence electrons. The van der Waals surface area contributed by atoms with Crippen molar-refractivity contribution in [3.63, 3.8) is 0 Å². The van der Waals surface area contributed by atoms with E-state index in [9.17, 15) is 9.59 Å². The van der Waals surface area contributed by atoms with Crippen LogP contribution in [-0.2, 0) is 9.59 Å². The van der Waals surface area contributed by atoms with E-state index in [4.69, 9.17) is 0 Å². The first-order valence-corrected chi connectivity index (χ1v) is 9.68. The Balaban J connectivity index is 1.77. The Bertz CT molecular complexity index is 621. The van der Waals surface area contributed by atoms with Gasteiger partial charge >= 0.3 is 0 Å². The van der Waals surface area contributed by atoms with Crippen molar-refractivity contribution in [3.05, 3.63) is 28.2 Å². The lowest BCUT2D eigenvalue weighted by atomic mass is 9.86. The summed E-state index contributed by atoms with van der Waals surface area (Å²) in [4.78, 5) is 26.1. The number of rotatable bonds is 6. The van der Waals surface area contributed by atoms with Crippen LogP contribution in [0.25, 0.3) is 0 Å². The minimum absolute atomic E-state index is 0.00567. The summed E-state index contributed by atoms with van der Waals surface area (Å²) >= 11 is 3.41. The minimum Gasteiger partial charge on any atom is -0.352 e. The number of benzene rings is 1. The summed E-state index contributed by atoms with van der Waals surface area (Å²) in [5.41, 5.74) is 1.79. The van der Waals surface area contributed by atoms with Gasteiger partial charge in [0, 0.05) is 16.2 Å². The highest BCUT2D eigenvalue weighted by molar-refractivity contribution is 9.10. The van der Waals surface area contributed by atoms with Gasteiger partial charge in [-0.25, -0.2) is 0 Å². The number of carbonyl (C=O) groups excluding carboxylic acids is 2. The summed E-state index contributed by atoms with van der Waals surface area (Å²) in [5.74, 6) is 0.410.